The number of nitrogens with zero attached hydrogens (tertiary/aromatic N) is 2. The average molecular weight is 620 g/mol. The summed E-state index contributed by atoms with van der Waals surface area (Å²) in [6.45, 7) is 1.45. The molecular weight excluding hydrogens is 590 g/mol. The Morgan fingerprint density at radius 3 is 2.44 bits per heavy atom. The first-order chi connectivity index (χ1) is 20.9. The van der Waals surface area contributed by atoms with Crippen molar-refractivity contribution in [2.24, 2.45) is 29.6 Å². The average Bonchev–Trinajstić information content (AvgIpc) is 3.76. The fraction of sp³-hybridized carbons (Fsp3) is 0.438. The Morgan fingerprint density at radius 2 is 1.67 bits per heavy atom. The van der Waals surface area contributed by atoms with Gasteiger partial charge in [-0.15, -0.1) is 11.8 Å². The number of ether oxygens (including phenoxy) is 1. The van der Waals surface area contributed by atoms with Gasteiger partial charge in [0.25, 0.3) is 5.91 Å². The van der Waals surface area contributed by atoms with Crippen LogP contribution in [0.4, 0.5) is 10.1 Å². The molecule has 3 aromatic rings. The number of carbonyl (C=O) groups excluding carboxylic acids is 3. The molecule has 8 rings (SSSR count). The SMILES string of the molecule is O=C(COc1ccccc1[C@@H]1c2sc(=O)[nH]c2S[C@@H]2[C@@H]3C[C@@H]([C@@H]4C(=O)N(c5ccc(F)cc5)C(=O)[C@@H]34)[C@H]12)N1CCCCC1. The monoisotopic (exact) mass is 619 g/mol. The third-order valence-electron chi connectivity index (χ3n) is 10.1. The summed E-state index contributed by atoms with van der Waals surface area (Å²) in [5.74, 6) is -1.48. The number of halogens is 1. The molecular formula is C32H30FN3O5S2. The maximum atomic E-state index is 13.9. The summed E-state index contributed by atoms with van der Waals surface area (Å²) in [5.41, 5.74) is 1.30. The zero-order valence-electron chi connectivity index (χ0n) is 23.2. The van der Waals surface area contributed by atoms with Gasteiger partial charge in [0.1, 0.15) is 11.6 Å². The minimum atomic E-state index is -0.460. The Hall–Kier alpha value is -3.44. The normalized spacial score (nSPS) is 30.8. The standard InChI is InChI=1S/C32H30FN3O5S2/c33-16-8-10-17(11-9-16)36-30(38)25-19-14-20(26(25)31(36)39)27-24(19)23(28-29(42-27)34-32(40)43-28)18-6-2-3-7-21(18)41-15-22(37)35-12-4-1-5-13-35/h2-3,6-11,19-20,23-27H,1,4-5,12-15H2,(H,34,40)/t19-,20-,23+,24-,25+,26+,27-/m1/s1. The highest BCUT2D eigenvalue weighted by Crippen LogP contribution is 2.69. The van der Waals surface area contributed by atoms with E-state index < -0.39 is 17.7 Å². The van der Waals surface area contributed by atoms with Crippen LogP contribution in [0, 0.1) is 35.4 Å². The number of likely N-dealkylation sites (tertiary alicyclic amines) is 1. The number of benzene rings is 2. The largest absolute Gasteiger partial charge is 0.483 e. The van der Waals surface area contributed by atoms with Crippen molar-refractivity contribution in [1.82, 2.24) is 9.88 Å². The van der Waals surface area contributed by atoms with Gasteiger partial charge in [-0.05, 0) is 73.8 Å². The van der Waals surface area contributed by atoms with E-state index >= 15 is 0 Å². The number of thiazole rings is 1. The van der Waals surface area contributed by atoms with Crippen LogP contribution in [0.25, 0.3) is 0 Å². The fourth-order valence-electron chi connectivity index (χ4n) is 8.45. The molecule has 3 aliphatic heterocycles. The first kappa shape index (κ1) is 27.1. The topological polar surface area (TPSA) is 99.8 Å². The number of aromatic nitrogens is 1. The number of piperidine rings is 1. The number of thioether (sulfide) groups is 1. The number of carbonyl (C=O) groups is 3. The van der Waals surface area contributed by atoms with Crippen molar-refractivity contribution in [1.29, 1.82) is 0 Å². The van der Waals surface area contributed by atoms with E-state index in [9.17, 15) is 23.6 Å². The van der Waals surface area contributed by atoms with E-state index in [1.54, 1.807) is 11.8 Å². The van der Waals surface area contributed by atoms with Crippen LogP contribution in [0.15, 0.2) is 58.4 Å². The first-order valence-electron chi connectivity index (χ1n) is 14.9. The highest BCUT2D eigenvalue weighted by atomic mass is 32.2. The number of nitrogens with one attached hydrogen (secondary N) is 1. The molecule has 5 aliphatic rings. The van der Waals surface area contributed by atoms with Crippen molar-refractivity contribution < 1.29 is 23.5 Å². The van der Waals surface area contributed by atoms with E-state index in [0.717, 1.165) is 54.2 Å². The second kappa shape index (κ2) is 10.3. The molecule has 2 aliphatic carbocycles. The molecule has 11 heteroatoms. The van der Waals surface area contributed by atoms with E-state index in [1.807, 2.05) is 29.2 Å². The van der Waals surface area contributed by atoms with Crippen LogP contribution >= 0.6 is 23.1 Å². The predicted octanol–water partition coefficient (Wildman–Crippen LogP) is 4.64. The van der Waals surface area contributed by atoms with Crippen molar-refractivity contribution in [2.75, 3.05) is 24.6 Å². The highest BCUT2D eigenvalue weighted by molar-refractivity contribution is 8.00. The number of amides is 3. The molecule has 2 saturated heterocycles. The van der Waals surface area contributed by atoms with Crippen molar-refractivity contribution in [3.8, 4) is 5.75 Å². The molecule has 4 heterocycles. The number of anilines is 1. The summed E-state index contributed by atoms with van der Waals surface area (Å²) < 4.78 is 19.9. The number of aromatic amines is 1. The van der Waals surface area contributed by atoms with Crippen LogP contribution in [-0.2, 0) is 14.4 Å². The summed E-state index contributed by atoms with van der Waals surface area (Å²) in [6, 6.07) is 13.2. The minimum absolute atomic E-state index is 0.00247. The van der Waals surface area contributed by atoms with Crippen LogP contribution in [-0.4, -0.2) is 52.6 Å². The van der Waals surface area contributed by atoms with Crippen molar-refractivity contribution in [2.45, 2.75) is 41.9 Å². The Labute approximate surface area is 255 Å². The summed E-state index contributed by atoms with van der Waals surface area (Å²) in [4.78, 5) is 60.2. The minimum Gasteiger partial charge on any atom is -0.483 e. The lowest BCUT2D eigenvalue weighted by atomic mass is 9.68. The zero-order valence-corrected chi connectivity index (χ0v) is 24.9. The maximum Gasteiger partial charge on any atom is 0.305 e. The summed E-state index contributed by atoms with van der Waals surface area (Å²) in [7, 11) is 0. The molecule has 222 valence electrons. The van der Waals surface area contributed by atoms with E-state index in [0.29, 0.717) is 11.4 Å². The predicted molar refractivity (Wildman–Crippen MR) is 160 cm³/mol. The van der Waals surface area contributed by atoms with Crippen LogP contribution in [0.5, 0.6) is 5.75 Å². The molecule has 0 spiro atoms. The molecule has 1 aromatic heterocycles. The number of rotatable bonds is 5. The second-order valence-corrected chi connectivity index (χ2v) is 14.4. The maximum absolute atomic E-state index is 13.9. The van der Waals surface area contributed by atoms with Gasteiger partial charge in [0, 0.05) is 34.7 Å². The zero-order chi connectivity index (χ0) is 29.4. The lowest BCUT2D eigenvalue weighted by molar-refractivity contribution is -0.134. The van der Waals surface area contributed by atoms with Gasteiger partial charge >= 0.3 is 4.87 Å². The van der Waals surface area contributed by atoms with E-state index in [-0.39, 0.29) is 58.1 Å². The van der Waals surface area contributed by atoms with E-state index in [4.69, 9.17) is 4.74 Å². The van der Waals surface area contributed by atoms with Gasteiger partial charge in [-0.3, -0.25) is 24.1 Å². The van der Waals surface area contributed by atoms with Gasteiger partial charge in [0.2, 0.25) is 11.8 Å². The number of fused-ring (bicyclic) bond motifs is 9. The lowest BCUT2D eigenvalue weighted by Gasteiger charge is -2.43. The number of hydrogen-bond donors (Lipinski definition) is 1. The number of hydrogen-bond acceptors (Lipinski definition) is 7. The first-order valence-corrected chi connectivity index (χ1v) is 16.6. The summed E-state index contributed by atoms with van der Waals surface area (Å²) in [5, 5.41) is 0.846. The number of para-hydroxylation sites is 1. The van der Waals surface area contributed by atoms with Gasteiger partial charge in [0.05, 0.1) is 22.5 Å². The van der Waals surface area contributed by atoms with Crippen LogP contribution in [0.3, 0.4) is 0 Å². The van der Waals surface area contributed by atoms with Crippen molar-refractivity contribution in [3.05, 3.63) is 74.5 Å². The highest BCUT2D eigenvalue weighted by Gasteiger charge is 2.69. The summed E-state index contributed by atoms with van der Waals surface area (Å²) >= 11 is 2.82. The summed E-state index contributed by atoms with van der Waals surface area (Å²) in [6.07, 6.45) is 3.91. The molecule has 4 fully saturated rings. The van der Waals surface area contributed by atoms with Crippen molar-refractivity contribution >= 4 is 46.5 Å². The smallest absolute Gasteiger partial charge is 0.305 e. The van der Waals surface area contributed by atoms with Gasteiger partial charge in [-0.25, -0.2) is 4.39 Å². The van der Waals surface area contributed by atoms with Crippen molar-refractivity contribution in [3.63, 3.8) is 0 Å². The van der Waals surface area contributed by atoms with Crippen LogP contribution < -0.4 is 14.5 Å². The Kier molecular flexibility index (Phi) is 6.52. The molecule has 2 saturated carbocycles. The van der Waals surface area contributed by atoms with E-state index in [2.05, 4.69) is 4.98 Å². The molecule has 0 radical (unpaired) electrons. The Morgan fingerprint density at radius 1 is 0.953 bits per heavy atom. The van der Waals surface area contributed by atoms with Gasteiger partial charge in [-0.2, -0.15) is 0 Å². The Bertz CT molecular complexity index is 1680. The lowest BCUT2D eigenvalue weighted by Crippen LogP contribution is -2.43. The van der Waals surface area contributed by atoms with Crippen LogP contribution in [0.2, 0.25) is 0 Å². The fourth-order valence-corrected chi connectivity index (χ4v) is 11.3. The molecule has 0 unspecified atom stereocenters. The molecule has 3 amide bonds. The van der Waals surface area contributed by atoms with E-state index in [1.165, 1.54) is 40.5 Å². The molecule has 43 heavy (non-hydrogen) atoms. The van der Waals surface area contributed by atoms with Gasteiger partial charge in [0.15, 0.2) is 6.61 Å². The second-order valence-electron chi connectivity index (χ2n) is 12.2. The molecule has 8 nitrogen and oxygen atoms in total. The molecule has 2 aromatic carbocycles. The molecule has 7 atom stereocenters. The molecule has 1 N–H and O–H groups in total. The third kappa shape index (κ3) is 4.22. The Balaban J connectivity index is 1.15. The van der Waals surface area contributed by atoms with Gasteiger partial charge in [-0.1, -0.05) is 29.5 Å². The number of imide groups is 1. The number of H-pyrrole nitrogens is 1. The quantitative estimate of drug-likeness (QED) is 0.418. The third-order valence-corrected chi connectivity index (χ3v) is 12.7. The molecule has 2 bridgehead atoms. The van der Waals surface area contributed by atoms with Crippen LogP contribution in [0.1, 0.15) is 42.0 Å². The van der Waals surface area contributed by atoms with Gasteiger partial charge < -0.3 is 14.6 Å².